The molecule has 8 heteroatoms. The number of halogens is 1. The fraction of sp³-hybridized carbons (Fsp3) is 0.167. The highest BCUT2D eigenvalue weighted by Crippen LogP contribution is 2.19. The van der Waals surface area contributed by atoms with Crippen LogP contribution in [-0.4, -0.2) is 34.0 Å². The summed E-state index contributed by atoms with van der Waals surface area (Å²) in [6, 6.07) is 12.4. The van der Waals surface area contributed by atoms with Gasteiger partial charge in [0.05, 0.1) is 11.4 Å². The SMILES string of the molecule is CC(=O)c1cccc(NC(=O)COC(=O)/C=C/c2c(C)nn(-c3ccc(F)cc3)c2C)c1. The van der Waals surface area contributed by atoms with Gasteiger partial charge in [-0.25, -0.2) is 13.9 Å². The molecular formula is C24H22FN3O4. The van der Waals surface area contributed by atoms with Crippen molar-refractivity contribution >= 4 is 29.4 Å². The van der Waals surface area contributed by atoms with E-state index in [-0.39, 0.29) is 11.6 Å². The minimum absolute atomic E-state index is 0.119. The molecule has 0 fully saturated rings. The highest BCUT2D eigenvalue weighted by atomic mass is 19.1. The molecule has 0 spiro atoms. The highest BCUT2D eigenvalue weighted by molar-refractivity contribution is 5.98. The summed E-state index contributed by atoms with van der Waals surface area (Å²) in [5, 5.41) is 7.01. The maximum absolute atomic E-state index is 13.2. The molecule has 7 nitrogen and oxygen atoms in total. The average molecular weight is 435 g/mol. The second-order valence-electron chi connectivity index (χ2n) is 7.10. The number of hydrogen-bond donors (Lipinski definition) is 1. The second-order valence-corrected chi connectivity index (χ2v) is 7.10. The third kappa shape index (κ3) is 5.54. The maximum atomic E-state index is 13.2. The van der Waals surface area contributed by atoms with E-state index in [0.29, 0.717) is 22.6 Å². The summed E-state index contributed by atoms with van der Waals surface area (Å²) < 4.78 is 19.8. The number of aromatic nitrogens is 2. The van der Waals surface area contributed by atoms with Crippen LogP contribution in [0, 0.1) is 19.7 Å². The van der Waals surface area contributed by atoms with E-state index >= 15 is 0 Å². The van der Waals surface area contributed by atoms with Gasteiger partial charge in [0.2, 0.25) is 0 Å². The van der Waals surface area contributed by atoms with Crippen LogP contribution in [0.5, 0.6) is 0 Å². The smallest absolute Gasteiger partial charge is 0.331 e. The zero-order valence-corrected chi connectivity index (χ0v) is 17.9. The van der Waals surface area contributed by atoms with Crippen LogP contribution in [0.25, 0.3) is 11.8 Å². The first-order chi connectivity index (χ1) is 15.2. The van der Waals surface area contributed by atoms with E-state index < -0.39 is 18.5 Å². The number of rotatable bonds is 7. The number of nitrogens with one attached hydrogen (secondary N) is 1. The third-order valence-electron chi connectivity index (χ3n) is 4.70. The van der Waals surface area contributed by atoms with Crippen LogP contribution >= 0.6 is 0 Å². The van der Waals surface area contributed by atoms with E-state index in [1.54, 1.807) is 54.1 Å². The zero-order chi connectivity index (χ0) is 23.3. The molecule has 3 aromatic rings. The molecule has 0 aliphatic rings. The van der Waals surface area contributed by atoms with Crippen molar-refractivity contribution in [3.8, 4) is 5.69 Å². The van der Waals surface area contributed by atoms with Gasteiger partial charge in [-0.1, -0.05) is 12.1 Å². The van der Waals surface area contributed by atoms with Crippen molar-refractivity contribution < 1.29 is 23.5 Å². The molecule has 164 valence electrons. The number of ketones is 1. The Bertz CT molecular complexity index is 1200. The van der Waals surface area contributed by atoms with Crippen molar-refractivity contribution in [1.29, 1.82) is 0 Å². The van der Waals surface area contributed by atoms with Crippen molar-refractivity contribution in [2.75, 3.05) is 11.9 Å². The van der Waals surface area contributed by atoms with E-state index in [1.807, 2.05) is 6.92 Å². The summed E-state index contributed by atoms with van der Waals surface area (Å²) in [5.41, 5.74) is 3.76. The van der Waals surface area contributed by atoms with Gasteiger partial charge >= 0.3 is 5.97 Å². The van der Waals surface area contributed by atoms with Gasteiger partial charge in [-0.15, -0.1) is 0 Å². The molecule has 1 amide bonds. The van der Waals surface area contributed by atoms with Crippen molar-refractivity contribution in [3.05, 3.63) is 82.9 Å². The van der Waals surface area contributed by atoms with E-state index in [1.165, 1.54) is 25.1 Å². The predicted octanol–water partition coefficient (Wildman–Crippen LogP) is 4.03. The number of anilines is 1. The normalized spacial score (nSPS) is 10.9. The minimum Gasteiger partial charge on any atom is -0.452 e. The zero-order valence-electron chi connectivity index (χ0n) is 17.9. The van der Waals surface area contributed by atoms with Gasteiger partial charge in [0.1, 0.15) is 5.82 Å². The van der Waals surface area contributed by atoms with Gasteiger partial charge in [0.15, 0.2) is 12.4 Å². The Hall–Kier alpha value is -4.07. The minimum atomic E-state index is -0.689. The first-order valence-electron chi connectivity index (χ1n) is 9.82. The molecule has 0 unspecified atom stereocenters. The second kappa shape index (κ2) is 9.82. The number of esters is 1. The Morgan fingerprint density at radius 3 is 2.53 bits per heavy atom. The molecule has 0 radical (unpaired) electrons. The summed E-state index contributed by atoms with van der Waals surface area (Å²) in [4.78, 5) is 35.5. The number of amides is 1. The fourth-order valence-electron chi connectivity index (χ4n) is 3.08. The maximum Gasteiger partial charge on any atom is 0.331 e. The molecule has 0 saturated carbocycles. The van der Waals surface area contributed by atoms with Crippen LogP contribution in [-0.2, 0) is 14.3 Å². The van der Waals surface area contributed by atoms with Crippen LogP contribution in [0.15, 0.2) is 54.6 Å². The highest BCUT2D eigenvalue weighted by Gasteiger charge is 2.12. The number of Topliss-reactive ketones (excluding diaryl/α,β-unsaturated/α-hetero) is 1. The molecule has 0 bridgehead atoms. The summed E-state index contributed by atoms with van der Waals surface area (Å²) in [6.45, 7) is 4.58. The van der Waals surface area contributed by atoms with Gasteiger partial charge in [0, 0.05) is 28.6 Å². The summed E-state index contributed by atoms with van der Waals surface area (Å²) >= 11 is 0. The average Bonchev–Trinajstić information content (AvgIpc) is 3.05. The molecule has 0 aliphatic carbocycles. The Morgan fingerprint density at radius 2 is 1.84 bits per heavy atom. The molecule has 0 aliphatic heterocycles. The summed E-state index contributed by atoms with van der Waals surface area (Å²) in [6.07, 6.45) is 2.78. The van der Waals surface area contributed by atoms with Gasteiger partial charge in [-0.05, 0) is 63.2 Å². The Balaban J connectivity index is 1.60. The molecule has 32 heavy (non-hydrogen) atoms. The number of ether oxygens (including phenoxy) is 1. The molecule has 1 aromatic heterocycles. The summed E-state index contributed by atoms with van der Waals surface area (Å²) in [5.74, 6) is -1.67. The Kier molecular flexibility index (Phi) is 6.94. The van der Waals surface area contributed by atoms with Gasteiger partial charge in [0.25, 0.3) is 5.91 Å². The number of benzene rings is 2. The van der Waals surface area contributed by atoms with Crippen molar-refractivity contribution in [3.63, 3.8) is 0 Å². The molecule has 0 atom stereocenters. The van der Waals surface area contributed by atoms with E-state index in [2.05, 4.69) is 10.4 Å². The third-order valence-corrected chi connectivity index (χ3v) is 4.70. The van der Waals surface area contributed by atoms with Crippen LogP contribution in [0.1, 0.15) is 34.2 Å². The molecule has 3 rings (SSSR count). The van der Waals surface area contributed by atoms with Gasteiger partial charge in [-0.2, -0.15) is 5.10 Å². The van der Waals surface area contributed by atoms with Crippen LogP contribution in [0.2, 0.25) is 0 Å². The first kappa shape index (κ1) is 22.6. The van der Waals surface area contributed by atoms with E-state index in [9.17, 15) is 18.8 Å². The van der Waals surface area contributed by atoms with Crippen molar-refractivity contribution in [2.24, 2.45) is 0 Å². The van der Waals surface area contributed by atoms with Crippen molar-refractivity contribution in [1.82, 2.24) is 9.78 Å². The lowest BCUT2D eigenvalue weighted by molar-refractivity contribution is -0.142. The number of aryl methyl sites for hydroxylation is 1. The molecular weight excluding hydrogens is 413 g/mol. The number of nitrogens with zero attached hydrogens (tertiary/aromatic N) is 2. The van der Waals surface area contributed by atoms with E-state index in [4.69, 9.17) is 4.74 Å². The van der Waals surface area contributed by atoms with Crippen LogP contribution in [0.3, 0.4) is 0 Å². The van der Waals surface area contributed by atoms with Crippen molar-refractivity contribution in [2.45, 2.75) is 20.8 Å². The summed E-state index contributed by atoms with van der Waals surface area (Å²) in [7, 11) is 0. The van der Waals surface area contributed by atoms with Gasteiger partial charge < -0.3 is 10.1 Å². The molecule has 0 saturated heterocycles. The quantitative estimate of drug-likeness (QED) is 0.344. The molecule has 1 heterocycles. The lowest BCUT2D eigenvalue weighted by Gasteiger charge is -2.06. The topological polar surface area (TPSA) is 90.3 Å². The van der Waals surface area contributed by atoms with E-state index in [0.717, 1.165) is 11.3 Å². The van der Waals surface area contributed by atoms with Gasteiger partial charge in [-0.3, -0.25) is 9.59 Å². The predicted molar refractivity (Wildman–Crippen MR) is 118 cm³/mol. The number of carbonyl (C=O) groups is 3. The number of carbonyl (C=O) groups excluding carboxylic acids is 3. The number of hydrogen-bond acceptors (Lipinski definition) is 5. The monoisotopic (exact) mass is 435 g/mol. The lowest BCUT2D eigenvalue weighted by atomic mass is 10.1. The fourth-order valence-corrected chi connectivity index (χ4v) is 3.08. The first-order valence-corrected chi connectivity index (χ1v) is 9.82. The van der Waals surface area contributed by atoms with Crippen LogP contribution < -0.4 is 5.32 Å². The Morgan fingerprint density at radius 1 is 1.12 bits per heavy atom. The molecule has 1 N–H and O–H groups in total. The standard InChI is InChI=1S/C24H22FN3O4/c1-15-22(16(2)28(27-15)21-9-7-19(25)8-10-21)11-12-24(31)32-14-23(30)26-20-6-4-5-18(13-20)17(3)29/h4-13H,14H2,1-3H3,(H,26,30)/b12-11+. The molecule has 2 aromatic carbocycles. The largest absolute Gasteiger partial charge is 0.452 e. The lowest BCUT2D eigenvalue weighted by Crippen LogP contribution is -2.20. The van der Waals surface area contributed by atoms with Crippen LogP contribution in [0.4, 0.5) is 10.1 Å². The Labute approximate surface area is 184 Å².